The molecule has 1 aliphatic rings. The Hall–Kier alpha value is -0.720. The number of aromatic nitrogens is 2. The third kappa shape index (κ3) is 4.12. The Balaban J connectivity index is 1.83. The quantitative estimate of drug-likeness (QED) is 0.863. The van der Waals surface area contributed by atoms with Crippen molar-refractivity contribution < 1.29 is 0 Å². The van der Waals surface area contributed by atoms with Crippen molar-refractivity contribution in [3.8, 4) is 0 Å². The van der Waals surface area contributed by atoms with Gasteiger partial charge in [0.15, 0.2) is 0 Å². The molecule has 1 aliphatic heterocycles. The maximum atomic E-state index is 4.28. The number of anilines is 1. The van der Waals surface area contributed by atoms with E-state index in [-0.39, 0.29) is 0 Å². The molecule has 19 heavy (non-hydrogen) atoms. The molecule has 1 aromatic rings. The summed E-state index contributed by atoms with van der Waals surface area (Å²) in [4.78, 5) is 5.02. The summed E-state index contributed by atoms with van der Waals surface area (Å²) in [6.45, 7) is 13.2. The molecule has 0 bridgehead atoms. The van der Waals surface area contributed by atoms with Crippen molar-refractivity contribution in [2.24, 2.45) is 0 Å². The first-order valence-electron chi connectivity index (χ1n) is 7.25. The van der Waals surface area contributed by atoms with Gasteiger partial charge in [-0.25, -0.2) is 0 Å². The minimum Gasteiger partial charge on any atom is -0.360 e. The van der Waals surface area contributed by atoms with Crippen LogP contribution >= 0.6 is 11.3 Å². The molecule has 1 atom stereocenters. The van der Waals surface area contributed by atoms with Gasteiger partial charge < -0.3 is 5.32 Å². The molecule has 5 nitrogen and oxygen atoms in total. The van der Waals surface area contributed by atoms with Crippen molar-refractivity contribution in [2.45, 2.75) is 39.8 Å². The fraction of sp³-hybridized carbons (Fsp3) is 0.846. The van der Waals surface area contributed by atoms with E-state index < -0.39 is 0 Å². The van der Waals surface area contributed by atoms with Crippen LogP contribution in [0, 0.1) is 0 Å². The monoisotopic (exact) mass is 283 g/mol. The normalized spacial score (nSPS) is 21.7. The number of piperazine rings is 1. The summed E-state index contributed by atoms with van der Waals surface area (Å²) in [5, 5.41) is 13.8. The van der Waals surface area contributed by atoms with Gasteiger partial charge in [0, 0.05) is 32.2 Å². The van der Waals surface area contributed by atoms with Crippen LogP contribution < -0.4 is 5.32 Å². The summed E-state index contributed by atoms with van der Waals surface area (Å²) in [7, 11) is 0. The van der Waals surface area contributed by atoms with Crippen LogP contribution in [0.25, 0.3) is 0 Å². The van der Waals surface area contributed by atoms with Gasteiger partial charge in [0.1, 0.15) is 5.01 Å². The summed E-state index contributed by atoms with van der Waals surface area (Å²) >= 11 is 1.69. The van der Waals surface area contributed by atoms with Crippen molar-refractivity contribution in [2.75, 3.05) is 38.0 Å². The highest BCUT2D eigenvalue weighted by molar-refractivity contribution is 7.15. The molecule has 0 radical (unpaired) electrons. The number of rotatable bonds is 6. The molecular formula is C13H25N5S. The van der Waals surface area contributed by atoms with Crippen LogP contribution in [-0.2, 0) is 6.54 Å². The van der Waals surface area contributed by atoms with E-state index in [1.165, 1.54) is 0 Å². The molecule has 1 unspecified atom stereocenters. The molecule has 108 valence electrons. The highest BCUT2D eigenvalue weighted by atomic mass is 32.1. The van der Waals surface area contributed by atoms with Crippen molar-refractivity contribution in [3.05, 3.63) is 5.01 Å². The van der Waals surface area contributed by atoms with E-state index >= 15 is 0 Å². The van der Waals surface area contributed by atoms with Gasteiger partial charge in [-0.15, -0.1) is 10.2 Å². The molecule has 2 rings (SSSR count). The van der Waals surface area contributed by atoms with Crippen molar-refractivity contribution in [1.82, 2.24) is 20.0 Å². The van der Waals surface area contributed by atoms with Crippen molar-refractivity contribution in [3.63, 3.8) is 0 Å². The number of hydrogen-bond acceptors (Lipinski definition) is 6. The van der Waals surface area contributed by atoms with Crippen LogP contribution in [0.2, 0.25) is 0 Å². The van der Waals surface area contributed by atoms with E-state index in [4.69, 9.17) is 0 Å². The lowest BCUT2D eigenvalue weighted by Gasteiger charge is -2.38. The van der Waals surface area contributed by atoms with Gasteiger partial charge in [0.05, 0.1) is 6.54 Å². The van der Waals surface area contributed by atoms with Crippen LogP contribution in [0.5, 0.6) is 0 Å². The topological polar surface area (TPSA) is 44.3 Å². The van der Waals surface area contributed by atoms with Crippen molar-refractivity contribution in [1.29, 1.82) is 0 Å². The fourth-order valence-corrected chi connectivity index (χ4v) is 3.30. The second-order valence-electron chi connectivity index (χ2n) is 5.14. The summed E-state index contributed by atoms with van der Waals surface area (Å²) < 4.78 is 0. The molecule has 0 aromatic carbocycles. The number of hydrogen-bond donors (Lipinski definition) is 1. The Kier molecular flexibility index (Phi) is 5.54. The van der Waals surface area contributed by atoms with Gasteiger partial charge in [-0.2, -0.15) is 0 Å². The summed E-state index contributed by atoms with van der Waals surface area (Å²) in [5.41, 5.74) is 0. The molecule has 0 aliphatic carbocycles. The Labute approximate surface area is 120 Å². The first-order chi connectivity index (χ1) is 9.22. The molecule has 1 aromatic heterocycles. The Bertz CT molecular complexity index is 381. The zero-order valence-corrected chi connectivity index (χ0v) is 13.0. The zero-order valence-electron chi connectivity index (χ0n) is 12.2. The van der Waals surface area contributed by atoms with Gasteiger partial charge in [0.25, 0.3) is 0 Å². The highest BCUT2D eigenvalue weighted by Gasteiger charge is 2.23. The lowest BCUT2D eigenvalue weighted by molar-refractivity contribution is 0.0833. The van der Waals surface area contributed by atoms with Crippen LogP contribution in [0.15, 0.2) is 0 Å². The van der Waals surface area contributed by atoms with Crippen molar-refractivity contribution >= 4 is 16.5 Å². The largest absolute Gasteiger partial charge is 0.360 e. The van der Waals surface area contributed by atoms with Gasteiger partial charge >= 0.3 is 0 Å². The van der Waals surface area contributed by atoms with Gasteiger partial charge in [-0.3, -0.25) is 9.80 Å². The third-order valence-corrected chi connectivity index (χ3v) is 4.47. The van der Waals surface area contributed by atoms with Gasteiger partial charge in [-0.1, -0.05) is 25.2 Å². The molecule has 1 saturated heterocycles. The maximum absolute atomic E-state index is 4.28. The van der Waals surface area contributed by atoms with E-state index in [9.17, 15) is 0 Å². The highest BCUT2D eigenvalue weighted by Crippen LogP contribution is 2.18. The lowest BCUT2D eigenvalue weighted by Crippen LogP contribution is -2.51. The summed E-state index contributed by atoms with van der Waals surface area (Å²) in [6, 6.07) is 0.643. The second-order valence-corrected chi connectivity index (χ2v) is 6.20. The fourth-order valence-electron chi connectivity index (χ4n) is 2.50. The first kappa shape index (κ1) is 14.7. The Morgan fingerprint density at radius 1 is 1.32 bits per heavy atom. The Morgan fingerprint density at radius 2 is 2.16 bits per heavy atom. The van der Waals surface area contributed by atoms with Gasteiger partial charge in [-0.05, 0) is 19.9 Å². The molecule has 0 saturated carbocycles. The Morgan fingerprint density at radius 3 is 2.84 bits per heavy atom. The molecular weight excluding hydrogens is 258 g/mol. The molecule has 0 spiro atoms. The minimum atomic E-state index is 0.643. The van der Waals surface area contributed by atoms with Crippen LogP contribution in [0.3, 0.4) is 0 Å². The number of likely N-dealkylation sites (N-methyl/N-ethyl adjacent to an activating group) is 1. The number of nitrogens with one attached hydrogen (secondary N) is 1. The maximum Gasteiger partial charge on any atom is 0.205 e. The van der Waals surface area contributed by atoms with E-state index in [0.29, 0.717) is 6.04 Å². The van der Waals surface area contributed by atoms with E-state index in [0.717, 1.165) is 55.8 Å². The predicted molar refractivity (Wildman–Crippen MR) is 80.7 cm³/mol. The van der Waals surface area contributed by atoms with Crippen LogP contribution in [-0.4, -0.2) is 58.8 Å². The smallest absolute Gasteiger partial charge is 0.205 e. The average Bonchev–Trinajstić information content (AvgIpc) is 2.84. The van der Waals surface area contributed by atoms with E-state index in [1.54, 1.807) is 11.3 Å². The molecule has 1 fully saturated rings. The second kappa shape index (κ2) is 7.17. The third-order valence-electron chi connectivity index (χ3n) is 3.61. The lowest BCUT2D eigenvalue weighted by atomic mass is 10.2. The van der Waals surface area contributed by atoms with Crippen LogP contribution in [0.1, 0.15) is 32.2 Å². The standard InChI is InChI=1S/C13H25N5S/c1-4-6-14-13-16-15-12(19-13)10-17-7-8-18(5-2)11(3)9-17/h11H,4-10H2,1-3H3,(H,14,16). The first-order valence-corrected chi connectivity index (χ1v) is 8.07. The van der Waals surface area contributed by atoms with E-state index in [1.807, 2.05) is 0 Å². The predicted octanol–water partition coefficient (Wildman–Crippen LogP) is 1.89. The van der Waals surface area contributed by atoms with E-state index in [2.05, 4.69) is 46.1 Å². The molecule has 1 N–H and O–H groups in total. The molecule has 0 amide bonds. The zero-order chi connectivity index (χ0) is 13.7. The summed E-state index contributed by atoms with van der Waals surface area (Å²) in [6.07, 6.45) is 1.12. The summed E-state index contributed by atoms with van der Waals surface area (Å²) in [5.74, 6) is 0. The SMILES string of the molecule is CCCNc1nnc(CN2CCN(CC)C(C)C2)s1. The average molecular weight is 283 g/mol. The van der Waals surface area contributed by atoms with Crippen LogP contribution in [0.4, 0.5) is 5.13 Å². The minimum absolute atomic E-state index is 0.643. The van der Waals surface area contributed by atoms with Gasteiger partial charge in [0.2, 0.25) is 5.13 Å². The molecule has 6 heteroatoms. The molecule has 2 heterocycles. The number of nitrogens with zero attached hydrogens (tertiary/aromatic N) is 4.